The van der Waals surface area contributed by atoms with Gasteiger partial charge in [0.25, 0.3) is 0 Å². The third-order valence-corrected chi connectivity index (χ3v) is 5.34. The van der Waals surface area contributed by atoms with E-state index in [9.17, 15) is 4.39 Å². The lowest BCUT2D eigenvalue weighted by atomic mass is 10.1. The van der Waals surface area contributed by atoms with Crippen molar-refractivity contribution in [3.8, 4) is 0 Å². The van der Waals surface area contributed by atoms with E-state index in [2.05, 4.69) is 15.4 Å². The van der Waals surface area contributed by atoms with Gasteiger partial charge in [0, 0.05) is 24.3 Å². The number of aromatic nitrogens is 2. The quantitative estimate of drug-likeness (QED) is 0.459. The van der Waals surface area contributed by atoms with E-state index in [0.717, 1.165) is 36.0 Å². The number of aryl methyl sites for hydroxylation is 1. The van der Waals surface area contributed by atoms with E-state index in [1.165, 1.54) is 18.2 Å². The van der Waals surface area contributed by atoms with Gasteiger partial charge in [-0.2, -0.15) is 5.10 Å². The van der Waals surface area contributed by atoms with Crippen LogP contribution in [0.2, 0.25) is 5.02 Å². The van der Waals surface area contributed by atoms with Gasteiger partial charge in [-0.15, -0.1) is 0 Å². The molecule has 0 unspecified atom stereocenters. The zero-order chi connectivity index (χ0) is 19.8. The smallest absolute Gasteiger partial charge is 0.135 e. The van der Waals surface area contributed by atoms with Gasteiger partial charge in [-0.05, 0) is 49.9 Å². The third kappa shape index (κ3) is 3.68. The van der Waals surface area contributed by atoms with Gasteiger partial charge in [-0.3, -0.25) is 0 Å². The summed E-state index contributed by atoms with van der Waals surface area (Å²) in [7, 11) is 0. The van der Waals surface area contributed by atoms with Gasteiger partial charge >= 0.3 is 0 Å². The van der Waals surface area contributed by atoms with Crippen molar-refractivity contribution in [2.24, 2.45) is 16.5 Å². The first-order valence-electron chi connectivity index (χ1n) is 9.20. The van der Waals surface area contributed by atoms with E-state index >= 15 is 0 Å². The van der Waals surface area contributed by atoms with Crippen LogP contribution in [0.3, 0.4) is 0 Å². The molecule has 6 nitrogen and oxygen atoms in total. The van der Waals surface area contributed by atoms with Crippen molar-refractivity contribution < 1.29 is 4.39 Å². The predicted octanol–water partition coefficient (Wildman–Crippen LogP) is 3.76. The zero-order valence-electron chi connectivity index (χ0n) is 15.5. The van der Waals surface area contributed by atoms with Gasteiger partial charge in [0.05, 0.1) is 33.7 Å². The Bertz CT molecular complexity index is 1060. The number of hydrogen-bond donors (Lipinski definition) is 3. The molecular weight excluding hydrogens is 379 g/mol. The van der Waals surface area contributed by atoms with Crippen molar-refractivity contribution in [2.45, 2.75) is 38.3 Å². The Morgan fingerprint density at radius 2 is 2.18 bits per heavy atom. The molecule has 0 aliphatic heterocycles. The fourth-order valence-electron chi connectivity index (χ4n) is 3.65. The van der Waals surface area contributed by atoms with Crippen LogP contribution in [0.1, 0.15) is 30.4 Å². The number of rotatable bonds is 4. The number of nitrogens with two attached hydrogens (primary N) is 2. The molecule has 2 heterocycles. The molecule has 1 saturated carbocycles. The predicted molar refractivity (Wildman–Crippen MR) is 111 cm³/mol. The molecule has 5 N–H and O–H groups in total. The number of hydrogen-bond acceptors (Lipinski definition) is 4. The zero-order valence-corrected chi connectivity index (χ0v) is 16.2. The van der Waals surface area contributed by atoms with Crippen LogP contribution in [-0.4, -0.2) is 27.5 Å². The first-order valence-corrected chi connectivity index (χ1v) is 9.58. The second kappa shape index (κ2) is 7.41. The summed E-state index contributed by atoms with van der Waals surface area (Å²) in [5, 5.41) is 8.35. The Hall–Kier alpha value is -2.64. The number of aliphatic imine (C=N–C) groups is 1. The second-order valence-electron chi connectivity index (χ2n) is 7.29. The van der Waals surface area contributed by atoms with Crippen molar-refractivity contribution in [2.75, 3.05) is 5.32 Å². The minimum absolute atomic E-state index is 0.199. The summed E-state index contributed by atoms with van der Waals surface area (Å²) < 4.78 is 15.4. The standard InChI is InChI=1S/C20H22ClFN6/c1-11-6-18-19(26-14-4-3-13(23)8-14)15(9-25-28(18)10-11)20(24)27-17-7-12(22)2-5-16(17)21/h2,5-7,9-10,13-14,26H,3-4,8,23H2,1H3,(H2,24,27)/t13-,14+/m0/s1. The molecule has 0 bridgehead atoms. The highest BCUT2D eigenvalue weighted by atomic mass is 35.5. The van der Waals surface area contributed by atoms with Crippen LogP contribution in [0.15, 0.2) is 41.7 Å². The largest absolute Gasteiger partial charge is 0.383 e. The van der Waals surface area contributed by atoms with Crippen molar-refractivity contribution in [1.29, 1.82) is 0 Å². The number of anilines is 1. The number of nitrogens with one attached hydrogen (secondary N) is 1. The fraction of sp³-hybridized carbons (Fsp3) is 0.300. The van der Waals surface area contributed by atoms with Gasteiger partial charge in [-0.25, -0.2) is 13.9 Å². The van der Waals surface area contributed by atoms with E-state index in [0.29, 0.717) is 10.6 Å². The SMILES string of the molecule is Cc1cc2c(N[C@@H]3CC[C@H](N)C3)c(C(N)=Nc3cc(F)ccc3Cl)cnn2c1. The van der Waals surface area contributed by atoms with Gasteiger partial charge in [0.2, 0.25) is 0 Å². The highest BCUT2D eigenvalue weighted by Gasteiger charge is 2.24. The molecule has 1 aliphatic carbocycles. The molecule has 1 aliphatic rings. The highest BCUT2D eigenvalue weighted by molar-refractivity contribution is 6.33. The Labute approximate surface area is 167 Å². The van der Waals surface area contributed by atoms with E-state index < -0.39 is 5.82 Å². The van der Waals surface area contributed by atoms with Gasteiger partial charge in [0.1, 0.15) is 11.7 Å². The lowest BCUT2D eigenvalue weighted by Crippen LogP contribution is -2.24. The topological polar surface area (TPSA) is 93.7 Å². The average molecular weight is 401 g/mol. The summed E-state index contributed by atoms with van der Waals surface area (Å²) in [5.74, 6) is -0.212. The number of benzene rings is 1. The third-order valence-electron chi connectivity index (χ3n) is 5.02. The summed E-state index contributed by atoms with van der Waals surface area (Å²) in [4.78, 5) is 4.36. The molecule has 0 saturated heterocycles. The molecular formula is C20H22ClFN6. The van der Waals surface area contributed by atoms with Crippen LogP contribution in [-0.2, 0) is 0 Å². The molecule has 0 amide bonds. The van der Waals surface area contributed by atoms with Crippen molar-refractivity contribution >= 4 is 34.3 Å². The Kier molecular flexibility index (Phi) is 4.95. The van der Waals surface area contributed by atoms with Crippen LogP contribution >= 0.6 is 11.6 Å². The summed E-state index contributed by atoms with van der Waals surface area (Å²) >= 11 is 6.14. The van der Waals surface area contributed by atoms with E-state index in [1.54, 1.807) is 10.7 Å². The summed E-state index contributed by atoms with van der Waals surface area (Å²) in [6, 6.07) is 6.48. The first kappa shape index (κ1) is 18.7. The molecule has 2 aromatic heterocycles. The summed E-state index contributed by atoms with van der Waals surface area (Å²) in [5.41, 5.74) is 16.1. The van der Waals surface area contributed by atoms with Gasteiger partial charge < -0.3 is 16.8 Å². The van der Waals surface area contributed by atoms with E-state index in [4.69, 9.17) is 23.1 Å². The molecule has 8 heteroatoms. The molecule has 0 radical (unpaired) electrons. The molecule has 3 aromatic rings. The Balaban J connectivity index is 1.80. The van der Waals surface area contributed by atoms with Crippen molar-refractivity contribution in [3.63, 3.8) is 0 Å². The Morgan fingerprint density at radius 3 is 2.93 bits per heavy atom. The minimum Gasteiger partial charge on any atom is -0.383 e. The average Bonchev–Trinajstić information content (AvgIpc) is 3.23. The van der Waals surface area contributed by atoms with Crippen LogP contribution < -0.4 is 16.8 Å². The lowest BCUT2D eigenvalue weighted by molar-refractivity contribution is 0.628. The molecule has 1 fully saturated rings. The van der Waals surface area contributed by atoms with Gasteiger partial charge in [-0.1, -0.05) is 11.6 Å². The fourth-order valence-corrected chi connectivity index (χ4v) is 3.81. The molecule has 1 aromatic carbocycles. The minimum atomic E-state index is -0.426. The summed E-state index contributed by atoms with van der Waals surface area (Å²) in [6.07, 6.45) is 6.47. The van der Waals surface area contributed by atoms with Crippen molar-refractivity contribution in [3.05, 3.63) is 58.6 Å². The molecule has 0 spiro atoms. The maximum atomic E-state index is 13.6. The highest BCUT2D eigenvalue weighted by Crippen LogP contribution is 2.30. The van der Waals surface area contributed by atoms with Crippen LogP contribution in [0, 0.1) is 12.7 Å². The first-order chi connectivity index (χ1) is 13.4. The number of halogens is 2. The molecule has 146 valence electrons. The van der Waals surface area contributed by atoms with E-state index in [1.807, 2.05) is 19.2 Å². The number of amidine groups is 1. The Morgan fingerprint density at radius 1 is 1.36 bits per heavy atom. The lowest BCUT2D eigenvalue weighted by Gasteiger charge is -2.18. The van der Waals surface area contributed by atoms with Crippen LogP contribution in [0.4, 0.5) is 15.8 Å². The number of fused-ring (bicyclic) bond motifs is 1. The number of nitrogens with zero attached hydrogens (tertiary/aromatic N) is 3. The van der Waals surface area contributed by atoms with Gasteiger partial charge in [0.15, 0.2) is 0 Å². The second-order valence-corrected chi connectivity index (χ2v) is 7.69. The van der Waals surface area contributed by atoms with Crippen molar-refractivity contribution in [1.82, 2.24) is 9.61 Å². The van der Waals surface area contributed by atoms with Crippen LogP contribution in [0.5, 0.6) is 0 Å². The monoisotopic (exact) mass is 400 g/mol. The maximum Gasteiger partial charge on any atom is 0.135 e. The molecule has 4 rings (SSSR count). The summed E-state index contributed by atoms with van der Waals surface area (Å²) in [6.45, 7) is 2.01. The maximum absolute atomic E-state index is 13.6. The normalized spacial score (nSPS) is 20.1. The van der Waals surface area contributed by atoms with E-state index in [-0.39, 0.29) is 23.6 Å². The van der Waals surface area contributed by atoms with Crippen LogP contribution in [0.25, 0.3) is 5.52 Å². The molecule has 2 atom stereocenters. The molecule has 28 heavy (non-hydrogen) atoms.